The average molecular weight is 385 g/mol. The van der Waals surface area contributed by atoms with Crippen LogP contribution in [0.25, 0.3) is 0 Å². The van der Waals surface area contributed by atoms with Gasteiger partial charge in [0.25, 0.3) is 0 Å². The van der Waals surface area contributed by atoms with Gasteiger partial charge in [0.15, 0.2) is 0 Å². The molecule has 5 nitrogen and oxygen atoms in total. The van der Waals surface area contributed by atoms with Crippen molar-refractivity contribution in [1.29, 1.82) is 0 Å². The van der Waals surface area contributed by atoms with Gasteiger partial charge in [-0.15, -0.1) is 0 Å². The molecular weight excluding hydrogens is 348 g/mol. The second kappa shape index (κ2) is 11.2. The predicted octanol–water partition coefficient (Wildman–Crippen LogP) is 3.56. The predicted molar refractivity (Wildman–Crippen MR) is 115 cm³/mol. The van der Waals surface area contributed by atoms with Crippen LogP contribution in [-0.2, 0) is 13.0 Å². The van der Waals surface area contributed by atoms with Gasteiger partial charge in [-0.3, -0.25) is 4.68 Å². The monoisotopic (exact) mass is 384 g/mol. The van der Waals surface area contributed by atoms with Crippen LogP contribution in [0.2, 0.25) is 0 Å². The van der Waals surface area contributed by atoms with E-state index in [9.17, 15) is 0 Å². The molecule has 28 heavy (non-hydrogen) atoms. The minimum atomic E-state index is 0.795. The third-order valence-electron chi connectivity index (χ3n) is 5.84. The second-order valence-corrected chi connectivity index (χ2v) is 7.93. The standard InChI is InChI=1S/C23H36N4O/c1-3-25(14-7-16-27-15-6-12-24-27)19-22-9-5-13-26(20-22)17-11-21-8-4-10-23(18-21)28-2/h4,6,8,10,12,15,18,22H,3,5,7,9,11,13-14,16-17,19-20H2,1-2H3. The molecule has 3 rings (SSSR count). The van der Waals surface area contributed by atoms with Crippen molar-refractivity contribution in [2.24, 2.45) is 5.92 Å². The molecule has 0 amide bonds. The third-order valence-corrected chi connectivity index (χ3v) is 5.84. The Labute approximate surface area is 170 Å². The van der Waals surface area contributed by atoms with E-state index in [0.717, 1.165) is 44.3 Å². The number of likely N-dealkylation sites (tertiary alicyclic amines) is 1. The smallest absolute Gasteiger partial charge is 0.119 e. The lowest BCUT2D eigenvalue weighted by Crippen LogP contribution is -2.42. The number of piperidine rings is 1. The molecule has 1 aliphatic heterocycles. The fourth-order valence-corrected chi connectivity index (χ4v) is 4.25. The van der Waals surface area contributed by atoms with Crippen LogP contribution < -0.4 is 4.74 Å². The van der Waals surface area contributed by atoms with Gasteiger partial charge >= 0.3 is 0 Å². The minimum absolute atomic E-state index is 0.795. The Balaban J connectivity index is 1.40. The molecule has 1 aromatic carbocycles. The van der Waals surface area contributed by atoms with Crippen LogP contribution in [0.15, 0.2) is 42.7 Å². The molecule has 154 valence electrons. The molecule has 0 aliphatic carbocycles. The van der Waals surface area contributed by atoms with Gasteiger partial charge in [0.05, 0.1) is 7.11 Å². The second-order valence-electron chi connectivity index (χ2n) is 7.93. The quantitative estimate of drug-likeness (QED) is 0.593. The topological polar surface area (TPSA) is 33.5 Å². The van der Waals surface area contributed by atoms with Crippen molar-refractivity contribution in [3.63, 3.8) is 0 Å². The summed E-state index contributed by atoms with van der Waals surface area (Å²) in [4.78, 5) is 5.28. The van der Waals surface area contributed by atoms with Crippen LogP contribution in [-0.4, -0.2) is 66.0 Å². The largest absolute Gasteiger partial charge is 0.497 e. The molecule has 1 saturated heterocycles. The molecular formula is C23H36N4O. The highest BCUT2D eigenvalue weighted by atomic mass is 16.5. The first-order valence-electron chi connectivity index (χ1n) is 10.8. The molecule has 2 heterocycles. The molecule has 0 saturated carbocycles. The molecule has 2 aromatic rings. The zero-order valence-electron chi connectivity index (χ0n) is 17.6. The van der Waals surface area contributed by atoms with Crippen molar-refractivity contribution in [2.45, 2.75) is 39.2 Å². The van der Waals surface area contributed by atoms with E-state index in [4.69, 9.17) is 4.74 Å². The number of hydrogen-bond donors (Lipinski definition) is 0. The lowest BCUT2D eigenvalue weighted by molar-refractivity contribution is 0.134. The van der Waals surface area contributed by atoms with Crippen molar-refractivity contribution in [3.05, 3.63) is 48.3 Å². The molecule has 0 bridgehead atoms. The highest BCUT2D eigenvalue weighted by Crippen LogP contribution is 2.19. The summed E-state index contributed by atoms with van der Waals surface area (Å²) in [6, 6.07) is 10.5. The highest BCUT2D eigenvalue weighted by Gasteiger charge is 2.21. The Hall–Kier alpha value is -1.85. The molecule has 5 heteroatoms. The van der Waals surface area contributed by atoms with Gasteiger partial charge in [-0.2, -0.15) is 5.10 Å². The van der Waals surface area contributed by atoms with Gasteiger partial charge in [0.1, 0.15) is 5.75 Å². The van der Waals surface area contributed by atoms with E-state index < -0.39 is 0 Å². The average Bonchev–Trinajstić information content (AvgIpc) is 3.25. The Kier molecular flexibility index (Phi) is 8.37. The lowest BCUT2D eigenvalue weighted by Gasteiger charge is -2.35. The number of rotatable bonds is 11. The van der Waals surface area contributed by atoms with Crippen LogP contribution in [0, 0.1) is 5.92 Å². The van der Waals surface area contributed by atoms with Crippen molar-refractivity contribution in [2.75, 3.05) is 46.4 Å². The van der Waals surface area contributed by atoms with Crippen molar-refractivity contribution in [3.8, 4) is 5.75 Å². The third kappa shape index (κ3) is 6.64. The first-order valence-corrected chi connectivity index (χ1v) is 10.8. The minimum Gasteiger partial charge on any atom is -0.497 e. The Morgan fingerprint density at radius 1 is 1.25 bits per heavy atom. The van der Waals surface area contributed by atoms with Crippen LogP contribution in [0.4, 0.5) is 0 Å². The van der Waals surface area contributed by atoms with Gasteiger partial charge < -0.3 is 14.5 Å². The summed E-state index contributed by atoms with van der Waals surface area (Å²) in [5.74, 6) is 1.76. The fourth-order valence-electron chi connectivity index (χ4n) is 4.25. The molecule has 0 spiro atoms. The summed E-state index contributed by atoms with van der Waals surface area (Å²) < 4.78 is 7.39. The number of methoxy groups -OCH3 is 1. The van der Waals surface area contributed by atoms with Gasteiger partial charge in [0.2, 0.25) is 0 Å². The first kappa shape index (κ1) is 20.9. The lowest BCUT2D eigenvalue weighted by atomic mass is 9.96. The summed E-state index contributed by atoms with van der Waals surface area (Å²) in [6.45, 7) is 10.5. The summed E-state index contributed by atoms with van der Waals surface area (Å²) in [5.41, 5.74) is 1.37. The van der Waals surface area contributed by atoms with E-state index in [1.165, 1.54) is 44.5 Å². The van der Waals surface area contributed by atoms with E-state index in [-0.39, 0.29) is 0 Å². The molecule has 0 N–H and O–H groups in total. The van der Waals surface area contributed by atoms with Crippen molar-refractivity contribution >= 4 is 0 Å². The van der Waals surface area contributed by atoms with E-state index in [2.05, 4.69) is 46.2 Å². The number of aryl methyl sites for hydroxylation is 1. The van der Waals surface area contributed by atoms with Gasteiger partial charge in [-0.25, -0.2) is 0 Å². The maximum absolute atomic E-state index is 5.35. The first-order chi connectivity index (χ1) is 13.8. The molecule has 1 unspecified atom stereocenters. The van der Waals surface area contributed by atoms with E-state index in [0.29, 0.717) is 0 Å². The molecule has 1 aromatic heterocycles. The van der Waals surface area contributed by atoms with Crippen LogP contribution in [0.3, 0.4) is 0 Å². The zero-order chi connectivity index (χ0) is 19.6. The van der Waals surface area contributed by atoms with Crippen molar-refractivity contribution < 1.29 is 4.74 Å². The molecule has 1 aliphatic rings. The SMILES string of the molecule is CCN(CCCn1cccn1)CC1CCCN(CCc2cccc(OC)c2)C1. The summed E-state index contributed by atoms with van der Waals surface area (Å²) >= 11 is 0. The maximum Gasteiger partial charge on any atom is 0.119 e. The number of benzene rings is 1. The molecule has 0 radical (unpaired) electrons. The van der Waals surface area contributed by atoms with Gasteiger partial charge in [-0.1, -0.05) is 19.1 Å². The van der Waals surface area contributed by atoms with Gasteiger partial charge in [0, 0.05) is 38.6 Å². The van der Waals surface area contributed by atoms with Crippen LogP contribution in [0.5, 0.6) is 5.75 Å². The Morgan fingerprint density at radius 3 is 2.96 bits per heavy atom. The van der Waals surface area contributed by atoms with Crippen LogP contribution in [0.1, 0.15) is 31.7 Å². The fraction of sp³-hybridized carbons (Fsp3) is 0.609. The van der Waals surface area contributed by atoms with Gasteiger partial charge in [-0.05, 0) is 75.0 Å². The number of ether oxygens (including phenoxy) is 1. The Morgan fingerprint density at radius 2 is 2.18 bits per heavy atom. The number of hydrogen-bond acceptors (Lipinski definition) is 4. The maximum atomic E-state index is 5.35. The number of nitrogens with zero attached hydrogens (tertiary/aromatic N) is 4. The van der Waals surface area contributed by atoms with E-state index >= 15 is 0 Å². The summed E-state index contributed by atoms with van der Waals surface area (Å²) in [6.07, 6.45) is 8.88. The zero-order valence-corrected chi connectivity index (χ0v) is 17.6. The molecule has 1 fully saturated rings. The van der Waals surface area contributed by atoms with Crippen molar-refractivity contribution in [1.82, 2.24) is 19.6 Å². The van der Waals surface area contributed by atoms with Crippen LogP contribution >= 0.6 is 0 Å². The summed E-state index contributed by atoms with van der Waals surface area (Å²) in [7, 11) is 1.74. The summed E-state index contributed by atoms with van der Waals surface area (Å²) in [5, 5.41) is 4.30. The number of aromatic nitrogens is 2. The van der Waals surface area contributed by atoms with E-state index in [1.54, 1.807) is 7.11 Å². The Bertz CT molecular complexity index is 673. The van der Waals surface area contributed by atoms with E-state index in [1.807, 2.05) is 23.0 Å². The molecule has 1 atom stereocenters. The normalized spacial score (nSPS) is 17.9. The highest BCUT2D eigenvalue weighted by molar-refractivity contribution is 5.28.